The molecule has 0 fully saturated rings. The lowest BCUT2D eigenvalue weighted by Gasteiger charge is -2.14. The zero-order valence-corrected chi connectivity index (χ0v) is 17.5. The van der Waals surface area contributed by atoms with E-state index in [0.29, 0.717) is 19.1 Å². The van der Waals surface area contributed by atoms with Gasteiger partial charge in [-0.15, -0.1) is 0 Å². The van der Waals surface area contributed by atoms with E-state index in [-0.39, 0.29) is 5.92 Å². The van der Waals surface area contributed by atoms with Crippen molar-refractivity contribution in [2.24, 2.45) is 0 Å². The molecule has 0 saturated heterocycles. The van der Waals surface area contributed by atoms with Gasteiger partial charge in [0.05, 0.1) is 0 Å². The highest BCUT2D eigenvalue weighted by molar-refractivity contribution is 5.79. The zero-order chi connectivity index (χ0) is 20.9. The maximum absolute atomic E-state index is 12.2. The number of alkyl carbamates (subject to hydrolysis) is 1. The van der Waals surface area contributed by atoms with Crippen LogP contribution in [0.3, 0.4) is 0 Å². The smallest absolute Gasteiger partial charge is 0.407 e. The zero-order valence-electron chi connectivity index (χ0n) is 17.5. The van der Waals surface area contributed by atoms with Gasteiger partial charge in [-0.25, -0.2) is 4.79 Å². The predicted molar refractivity (Wildman–Crippen MR) is 123 cm³/mol. The summed E-state index contributed by atoms with van der Waals surface area (Å²) in [6.45, 7) is 5.13. The van der Waals surface area contributed by atoms with Gasteiger partial charge in [0.2, 0.25) is 0 Å². The molecule has 0 radical (unpaired) electrons. The minimum Gasteiger partial charge on any atom is -0.449 e. The molecular formula is C27H27NO2. The number of fused-ring (bicyclic) bond motifs is 3. The third kappa shape index (κ3) is 4.30. The van der Waals surface area contributed by atoms with Crippen molar-refractivity contribution in [2.45, 2.75) is 25.7 Å². The number of rotatable bonds is 6. The molecule has 0 spiro atoms. The molecule has 4 rings (SSSR count). The summed E-state index contributed by atoms with van der Waals surface area (Å²) in [5.41, 5.74) is 7.34. The Hall–Kier alpha value is -3.33. The van der Waals surface area contributed by atoms with Gasteiger partial charge < -0.3 is 10.1 Å². The van der Waals surface area contributed by atoms with Crippen LogP contribution in [-0.4, -0.2) is 19.2 Å². The SMILES string of the molecule is CC(C)c1ccc(C=CCNC(=O)OCC2c3ccccc3-c3ccccc32)cc1. The average Bonchev–Trinajstić information content (AvgIpc) is 3.09. The van der Waals surface area contributed by atoms with Crippen molar-refractivity contribution in [3.8, 4) is 11.1 Å². The lowest BCUT2D eigenvalue weighted by molar-refractivity contribution is 0.144. The van der Waals surface area contributed by atoms with Crippen LogP contribution in [0.4, 0.5) is 4.79 Å². The molecule has 0 saturated carbocycles. The second-order valence-electron chi connectivity index (χ2n) is 7.93. The monoisotopic (exact) mass is 397 g/mol. The van der Waals surface area contributed by atoms with Crippen LogP contribution in [0.2, 0.25) is 0 Å². The van der Waals surface area contributed by atoms with Gasteiger partial charge in [0, 0.05) is 12.5 Å². The molecule has 152 valence electrons. The van der Waals surface area contributed by atoms with E-state index in [1.807, 2.05) is 36.4 Å². The molecule has 3 heteroatoms. The van der Waals surface area contributed by atoms with Gasteiger partial charge >= 0.3 is 6.09 Å². The first-order valence-electron chi connectivity index (χ1n) is 10.5. The normalized spacial score (nSPS) is 12.8. The predicted octanol–water partition coefficient (Wildman–Crippen LogP) is 6.36. The fraction of sp³-hybridized carbons (Fsp3) is 0.222. The second-order valence-corrected chi connectivity index (χ2v) is 7.93. The summed E-state index contributed by atoms with van der Waals surface area (Å²) in [4.78, 5) is 12.2. The van der Waals surface area contributed by atoms with Crippen molar-refractivity contribution in [1.82, 2.24) is 5.32 Å². The van der Waals surface area contributed by atoms with Crippen molar-refractivity contribution in [2.75, 3.05) is 13.2 Å². The number of benzene rings is 3. The number of nitrogens with one attached hydrogen (secondary N) is 1. The van der Waals surface area contributed by atoms with Crippen LogP contribution in [0.1, 0.15) is 47.9 Å². The van der Waals surface area contributed by atoms with Crippen LogP contribution in [0.5, 0.6) is 0 Å². The number of hydrogen-bond donors (Lipinski definition) is 1. The summed E-state index contributed by atoms with van der Waals surface area (Å²) in [5.74, 6) is 0.608. The third-order valence-corrected chi connectivity index (χ3v) is 5.62. The fourth-order valence-corrected chi connectivity index (χ4v) is 3.98. The molecule has 3 aromatic rings. The summed E-state index contributed by atoms with van der Waals surface area (Å²) >= 11 is 0. The third-order valence-electron chi connectivity index (χ3n) is 5.62. The van der Waals surface area contributed by atoms with Gasteiger partial charge in [-0.1, -0.05) is 98.8 Å². The maximum atomic E-state index is 12.2. The molecule has 0 heterocycles. The average molecular weight is 398 g/mol. The Bertz CT molecular complexity index is 1000. The van der Waals surface area contributed by atoms with Crippen molar-refractivity contribution in [1.29, 1.82) is 0 Å². The second kappa shape index (κ2) is 9.00. The van der Waals surface area contributed by atoms with Crippen molar-refractivity contribution < 1.29 is 9.53 Å². The summed E-state index contributed by atoms with van der Waals surface area (Å²) in [6, 6.07) is 25.2. The Balaban J connectivity index is 1.30. The highest BCUT2D eigenvalue weighted by Gasteiger charge is 2.28. The van der Waals surface area contributed by atoms with E-state index in [1.165, 1.54) is 27.8 Å². The Labute approximate surface area is 178 Å². The van der Waals surface area contributed by atoms with E-state index in [4.69, 9.17) is 4.74 Å². The minimum absolute atomic E-state index is 0.0816. The molecule has 0 atom stereocenters. The van der Waals surface area contributed by atoms with Crippen LogP contribution in [0, 0.1) is 0 Å². The summed E-state index contributed by atoms with van der Waals surface area (Å²) in [6.07, 6.45) is 3.55. The minimum atomic E-state index is -0.392. The van der Waals surface area contributed by atoms with Gasteiger partial charge in [0.1, 0.15) is 6.61 Å². The molecule has 0 bridgehead atoms. The highest BCUT2D eigenvalue weighted by Crippen LogP contribution is 2.44. The van der Waals surface area contributed by atoms with E-state index in [0.717, 1.165) is 5.56 Å². The standard InChI is InChI=1S/C27H27NO2/c1-19(2)21-15-13-20(14-16-21)8-7-17-28-27(29)30-18-26-24-11-5-3-9-22(24)23-10-4-6-12-25(23)26/h3-16,19,26H,17-18H2,1-2H3,(H,28,29). The van der Waals surface area contributed by atoms with Crippen LogP contribution < -0.4 is 5.32 Å². The van der Waals surface area contributed by atoms with E-state index >= 15 is 0 Å². The van der Waals surface area contributed by atoms with E-state index in [2.05, 4.69) is 67.7 Å². The topological polar surface area (TPSA) is 38.3 Å². The van der Waals surface area contributed by atoms with Gasteiger partial charge in [-0.2, -0.15) is 0 Å². The number of carbonyl (C=O) groups is 1. The van der Waals surface area contributed by atoms with Gasteiger partial charge in [0.15, 0.2) is 0 Å². The Kier molecular flexibility index (Phi) is 5.99. The first-order valence-corrected chi connectivity index (χ1v) is 10.5. The lowest BCUT2D eigenvalue weighted by Crippen LogP contribution is -2.26. The number of ether oxygens (including phenoxy) is 1. The first-order chi connectivity index (χ1) is 14.6. The van der Waals surface area contributed by atoms with Crippen molar-refractivity contribution in [3.63, 3.8) is 0 Å². The Morgan fingerprint density at radius 1 is 0.933 bits per heavy atom. The van der Waals surface area contributed by atoms with Crippen LogP contribution in [-0.2, 0) is 4.74 Å². The van der Waals surface area contributed by atoms with Crippen molar-refractivity contribution >= 4 is 12.2 Å². The molecule has 1 aliphatic carbocycles. The highest BCUT2D eigenvalue weighted by atomic mass is 16.5. The van der Waals surface area contributed by atoms with Gasteiger partial charge in [-0.05, 0) is 39.3 Å². The first kappa shape index (κ1) is 20.0. The van der Waals surface area contributed by atoms with E-state index in [9.17, 15) is 4.79 Å². The quantitative estimate of drug-likeness (QED) is 0.525. The summed E-state index contributed by atoms with van der Waals surface area (Å²) < 4.78 is 5.55. The van der Waals surface area contributed by atoms with Gasteiger partial charge in [-0.3, -0.25) is 0 Å². The number of carbonyl (C=O) groups excluding carboxylic acids is 1. The summed E-state index contributed by atoms with van der Waals surface area (Å²) in [7, 11) is 0. The lowest BCUT2D eigenvalue weighted by atomic mass is 9.98. The van der Waals surface area contributed by atoms with E-state index in [1.54, 1.807) is 0 Å². The van der Waals surface area contributed by atoms with Crippen LogP contribution in [0.15, 0.2) is 78.9 Å². The molecule has 0 aromatic heterocycles. The van der Waals surface area contributed by atoms with E-state index < -0.39 is 6.09 Å². The molecule has 3 nitrogen and oxygen atoms in total. The van der Waals surface area contributed by atoms with Crippen LogP contribution in [0.25, 0.3) is 17.2 Å². The molecule has 1 aliphatic rings. The molecule has 1 N–H and O–H groups in total. The summed E-state index contributed by atoms with van der Waals surface area (Å²) in [5, 5.41) is 2.81. The Morgan fingerprint density at radius 3 is 2.13 bits per heavy atom. The number of hydrogen-bond acceptors (Lipinski definition) is 2. The number of amides is 1. The van der Waals surface area contributed by atoms with Crippen molar-refractivity contribution in [3.05, 3.63) is 101 Å². The molecule has 1 amide bonds. The fourth-order valence-electron chi connectivity index (χ4n) is 3.98. The Morgan fingerprint density at radius 2 is 1.53 bits per heavy atom. The molecule has 0 unspecified atom stereocenters. The van der Waals surface area contributed by atoms with Gasteiger partial charge in [0.25, 0.3) is 0 Å². The molecule has 3 aromatic carbocycles. The maximum Gasteiger partial charge on any atom is 0.407 e. The van der Waals surface area contributed by atoms with Crippen LogP contribution >= 0.6 is 0 Å². The molecule has 0 aliphatic heterocycles. The molecular weight excluding hydrogens is 370 g/mol. The molecule has 30 heavy (non-hydrogen) atoms. The largest absolute Gasteiger partial charge is 0.449 e.